The Morgan fingerprint density at radius 3 is 1.85 bits per heavy atom. The van der Waals surface area contributed by atoms with Gasteiger partial charge in [0, 0.05) is 48.9 Å². The predicted molar refractivity (Wildman–Crippen MR) is 354 cm³/mol. The lowest BCUT2D eigenvalue weighted by Gasteiger charge is -2.29. The molecule has 8 rings (SSSR count). The number of unbranched alkanes of at least 4 members (excludes halogenated alkanes) is 1. The van der Waals surface area contributed by atoms with Crippen molar-refractivity contribution in [3.8, 4) is 0 Å². The largest absolute Gasteiger partial charge is 0.445 e. The van der Waals surface area contributed by atoms with Crippen LogP contribution in [0.25, 0.3) is 10.9 Å². The maximum Gasteiger partial charge on any atom is 0.408 e. The standard InChI is InChI=1S/C68H77N11O13S2/c1-44-30-32-51(33-31-44)94(89,90)70-34-18-17-28-53-61(81)77-60(45(2)91-39-48-23-11-5-12-24-48)67(87)75-58(66(86)78-69)42-93-41-57(74-63(83)55(36-47-21-9-4-10-22-47)76-68(88)92-40-49-25-13-6-14-26-49)65(85)72-54(35-46-19-7-3-8-20-46)62(82)73-56(64(84)71-53)37-50-38-79(43-80)59-29-16-15-27-52(50)59/h3-16,19-27,29-33,38,43,45,53-58,60,70H,17-18,28,34-37,39-42,69H2,1-2H3,(H,71,84)(H,72,85)(H,73,82)(H,74,83)(H,75,87)(H,76,88)(H,77,81)(H,78,86)/t45-,53+,54+,55-,56-,57+,58+,60-/m1/s1. The quantitative estimate of drug-likeness (QED) is 0.0136. The van der Waals surface area contributed by atoms with Crippen LogP contribution in [0.3, 0.4) is 0 Å². The van der Waals surface area contributed by atoms with Gasteiger partial charge in [0.25, 0.3) is 5.91 Å². The summed E-state index contributed by atoms with van der Waals surface area (Å²) in [7, 11) is -3.95. The van der Waals surface area contributed by atoms with Crippen LogP contribution in [-0.2, 0) is 90.3 Å². The average Bonchev–Trinajstić information content (AvgIpc) is 1.64. The number of carbonyl (C=O) groups is 9. The Labute approximate surface area is 549 Å². The van der Waals surface area contributed by atoms with Gasteiger partial charge in [0.2, 0.25) is 51.9 Å². The van der Waals surface area contributed by atoms with Crippen molar-refractivity contribution in [3.63, 3.8) is 0 Å². The van der Waals surface area contributed by atoms with E-state index < -0.39 is 106 Å². The minimum atomic E-state index is -3.95. The number of fused-ring (bicyclic) bond motifs is 1. The molecule has 0 bridgehead atoms. The fourth-order valence-electron chi connectivity index (χ4n) is 10.4. The molecule has 494 valence electrons. The van der Waals surface area contributed by atoms with Gasteiger partial charge in [-0.2, -0.15) is 11.8 Å². The third-order valence-electron chi connectivity index (χ3n) is 15.6. The van der Waals surface area contributed by atoms with Gasteiger partial charge in [-0.05, 0) is 79.1 Å². The molecule has 6 aromatic carbocycles. The van der Waals surface area contributed by atoms with Gasteiger partial charge < -0.3 is 46.7 Å². The van der Waals surface area contributed by atoms with E-state index >= 15 is 19.2 Å². The van der Waals surface area contributed by atoms with Gasteiger partial charge in [-0.1, -0.05) is 157 Å². The van der Waals surface area contributed by atoms with Gasteiger partial charge in [0.15, 0.2) is 0 Å². The molecule has 26 heteroatoms. The van der Waals surface area contributed by atoms with Crippen LogP contribution in [0.5, 0.6) is 0 Å². The molecule has 1 fully saturated rings. The number of sulfonamides is 1. The van der Waals surface area contributed by atoms with E-state index in [-0.39, 0.29) is 74.7 Å². The summed E-state index contributed by atoms with van der Waals surface area (Å²) in [6.45, 7) is 3.09. The molecule has 7 aromatic rings. The fraction of sp³-hybridized carbons (Fsp3) is 0.309. The number of nitrogens with one attached hydrogen (secondary N) is 9. The molecule has 0 spiro atoms. The highest BCUT2D eigenvalue weighted by atomic mass is 32.2. The molecule has 8 amide bonds. The summed E-state index contributed by atoms with van der Waals surface area (Å²) in [6, 6.07) is 37.7. The molecule has 8 atom stereocenters. The first-order valence-electron chi connectivity index (χ1n) is 30.6. The Balaban J connectivity index is 1.17. The highest BCUT2D eigenvalue weighted by molar-refractivity contribution is 7.99. The number of hydrazine groups is 1. The Morgan fingerprint density at radius 1 is 0.649 bits per heavy atom. The molecule has 0 radical (unpaired) electrons. The van der Waals surface area contributed by atoms with Gasteiger partial charge >= 0.3 is 6.09 Å². The molecule has 1 aromatic heterocycles. The van der Waals surface area contributed by atoms with Crippen molar-refractivity contribution in [2.24, 2.45) is 5.84 Å². The number of para-hydroxylation sites is 1. The maximum atomic E-state index is 15.3. The first-order chi connectivity index (χ1) is 45.4. The van der Waals surface area contributed by atoms with Crippen molar-refractivity contribution in [1.82, 2.24) is 51.9 Å². The van der Waals surface area contributed by atoms with Crippen LogP contribution in [0, 0.1) is 6.92 Å². The second kappa shape index (κ2) is 34.8. The van der Waals surface area contributed by atoms with Crippen LogP contribution in [0.15, 0.2) is 181 Å². The van der Waals surface area contributed by atoms with Crippen molar-refractivity contribution < 1.29 is 61.0 Å². The van der Waals surface area contributed by atoms with E-state index in [2.05, 4.69) is 47.4 Å². The van der Waals surface area contributed by atoms with Crippen molar-refractivity contribution in [2.75, 3.05) is 18.1 Å². The third-order valence-corrected chi connectivity index (χ3v) is 18.2. The second-order valence-electron chi connectivity index (χ2n) is 22.6. The summed E-state index contributed by atoms with van der Waals surface area (Å²) in [5.41, 5.74) is 6.40. The Hall–Kier alpha value is -9.73. The Bertz CT molecular complexity index is 3830. The van der Waals surface area contributed by atoms with Gasteiger partial charge in [-0.15, -0.1) is 0 Å². The molecule has 11 N–H and O–H groups in total. The van der Waals surface area contributed by atoms with E-state index in [9.17, 15) is 32.4 Å². The number of alkyl carbamates (subject to hydrolysis) is 1. The van der Waals surface area contributed by atoms with Crippen LogP contribution >= 0.6 is 11.8 Å². The van der Waals surface area contributed by atoms with E-state index in [0.717, 1.165) is 17.3 Å². The van der Waals surface area contributed by atoms with Gasteiger partial charge in [0.1, 0.15) is 48.9 Å². The molecule has 24 nitrogen and oxygen atoms in total. The predicted octanol–water partition coefficient (Wildman–Crippen LogP) is 3.71. The summed E-state index contributed by atoms with van der Waals surface area (Å²) in [4.78, 5) is 130. The molecular formula is C68H77N11O13S2. The van der Waals surface area contributed by atoms with Crippen LogP contribution in [0.2, 0.25) is 0 Å². The number of nitrogens with zero attached hydrogens (tertiary/aromatic N) is 1. The van der Waals surface area contributed by atoms with Crippen LogP contribution in [0.1, 0.15) is 59.6 Å². The third kappa shape index (κ3) is 20.6. The number of ether oxygens (including phenoxy) is 2. The van der Waals surface area contributed by atoms with Crippen molar-refractivity contribution in [3.05, 3.63) is 209 Å². The lowest BCUT2D eigenvalue weighted by molar-refractivity contribution is -0.137. The first-order valence-corrected chi connectivity index (χ1v) is 33.2. The summed E-state index contributed by atoms with van der Waals surface area (Å²) in [6.07, 6.45) is -0.458. The monoisotopic (exact) mass is 1320 g/mol. The number of thioether (sulfide) groups is 1. The molecule has 1 aliphatic rings. The number of rotatable bonds is 24. The molecule has 2 heterocycles. The van der Waals surface area contributed by atoms with E-state index in [4.69, 9.17) is 15.3 Å². The molecule has 0 aliphatic carbocycles. The summed E-state index contributed by atoms with van der Waals surface area (Å²) >= 11 is 0.925. The van der Waals surface area contributed by atoms with Crippen LogP contribution < -0.4 is 53.2 Å². The highest BCUT2D eigenvalue weighted by Crippen LogP contribution is 2.23. The second-order valence-corrected chi connectivity index (χ2v) is 25.4. The summed E-state index contributed by atoms with van der Waals surface area (Å²) in [5.74, 6) is -1.24. The smallest absolute Gasteiger partial charge is 0.408 e. The Morgan fingerprint density at radius 2 is 1.21 bits per heavy atom. The molecule has 94 heavy (non-hydrogen) atoms. The molecule has 1 aliphatic heterocycles. The number of hydrogen-bond donors (Lipinski definition) is 10. The lowest BCUT2D eigenvalue weighted by Crippen LogP contribution is -2.62. The van der Waals surface area contributed by atoms with Crippen LogP contribution in [-0.4, -0.2) is 133 Å². The van der Waals surface area contributed by atoms with Crippen molar-refractivity contribution in [2.45, 2.75) is 119 Å². The zero-order chi connectivity index (χ0) is 67.0. The van der Waals surface area contributed by atoms with Crippen molar-refractivity contribution in [1.29, 1.82) is 0 Å². The first kappa shape index (κ1) is 70.1. The van der Waals surface area contributed by atoms with E-state index in [1.54, 1.807) is 158 Å². The zero-order valence-electron chi connectivity index (χ0n) is 51.9. The number of aryl methyl sites for hydroxylation is 1. The van der Waals surface area contributed by atoms with Crippen molar-refractivity contribution >= 4 is 86.5 Å². The van der Waals surface area contributed by atoms with Gasteiger partial charge in [0.05, 0.1) is 23.1 Å². The van der Waals surface area contributed by atoms with Crippen LogP contribution in [0.4, 0.5) is 4.79 Å². The SMILES string of the molecule is Cc1ccc(S(=O)(=O)NCCCC[C@@H]2NC(=O)[C@@H](Cc3cn(C=O)c4ccccc34)NC(=O)[C@H](Cc3ccccc3)NC(=O)[C@@H](NC(=O)[C@@H](Cc3ccccc3)NC(=O)OCc3ccccc3)CSC[C@@H](C(=O)NN)NC(=O)[C@@H]([C@@H](C)OCc3ccccc3)NC2=O)cc1. The lowest BCUT2D eigenvalue weighted by atomic mass is 10.0. The highest BCUT2D eigenvalue weighted by Gasteiger charge is 2.37. The molecule has 1 saturated heterocycles. The number of nitrogens with two attached hydrogens (primary N) is 1. The molecule has 0 saturated carbocycles. The summed E-state index contributed by atoms with van der Waals surface area (Å²) in [5, 5.41) is 19.8. The number of hydrogen-bond acceptors (Lipinski definition) is 15. The van der Waals surface area contributed by atoms with Gasteiger partial charge in [-0.3, -0.25) is 48.3 Å². The van der Waals surface area contributed by atoms with E-state index in [1.807, 2.05) is 6.92 Å². The molecular weight excluding hydrogens is 1240 g/mol. The molecule has 0 unspecified atom stereocenters. The van der Waals surface area contributed by atoms with Gasteiger partial charge in [-0.25, -0.2) is 23.8 Å². The van der Waals surface area contributed by atoms with E-state index in [0.29, 0.717) is 45.1 Å². The van der Waals surface area contributed by atoms with E-state index in [1.165, 1.54) is 29.8 Å². The number of aromatic nitrogens is 1. The maximum absolute atomic E-state index is 15.3. The average molecular weight is 1320 g/mol. The minimum Gasteiger partial charge on any atom is -0.445 e. The fourth-order valence-corrected chi connectivity index (χ4v) is 12.6. The summed E-state index contributed by atoms with van der Waals surface area (Å²) < 4.78 is 42.2. The minimum absolute atomic E-state index is 0.0399. The number of carbonyl (C=O) groups excluding carboxylic acids is 9. The zero-order valence-corrected chi connectivity index (χ0v) is 53.5. The normalized spacial score (nSPS) is 19.2. The Kier molecular flexibility index (Phi) is 26.0. The topological polar surface area (TPSA) is 345 Å². The number of amides is 8. The number of benzene rings is 6.